The molecule has 1 heterocycles. The van der Waals surface area contributed by atoms with Crippen LogP contribution in [0.25, 0.3) is 0 Å². The van der Waals surface area contributed by atoms with Crippen molar-refractivity contribution in [2.24, 2.45) is 10.7 Å². The Bertz CT molecular complexity index is 146. The van der Waals surface area contributed by atoms with Gasteiger partial charge >= 0.3 is 0 Å². The van der Waals surface area contributed by atoms with E-state index in [1.54, 1.807) is 0 Å². The molecule has 3 nitrogen and oxygen atoms in total. The maximum absolute atomic E-state index is 11.7. The van der Waals surface area contributed by atoms with Gasteiger partial charge in [0.25, 0.3) is 0 Å². The third-order valence-electron chi connectivity index (χ3n) is 1.79. The fraction of sp³-hybridized carbons (Fsp3) is 0.857. The summed E-state index contributed by atoms with van der Waals surface area (Å²) in [4.78, 5) is 5.87. The van der Waals surface area contributed by atoms with Gasteiger partial charge in [-0.1, -0.05) is 0 Å². The van der Waals surface area contributed by atoms with Crippen LogP contribution in [0.1, 0.15) is 12.8 Å². The van der Waals surface area contributed by atoms with Gasteiger partial charge in [-0.25, -0.2) is 4.39 Å². The standard InChI is InChI=1S/C7H14FN3.HI/c8-3-4-10-7(9)11-5-1-2-6-11;/h1-6H2,(H2,9,10);1H. The first-order valence-corrected chi connectivity index (χ1v) is 3.95. The summed E-state index contributed by atoms with van der Waals surface area (Å²) in [6.07, 6.45) is 2.34. The van der Waals surface area contributed by atoms with E-state index in [2.05, 4.69) is 4.99 Å². The lowest BCUT2D eigenvalue weighted by Crippen LogP contribution is -2.35. The van der Waals surface area contributed by atoms with E-state index in [4.69, 9.17) is 5.73 Å². The van der Waals surface area contributed by atoms with Crippen LogP contribution in [-0.4, -0.2) is 37.2 Å². The molecule has 0 saturated carbocycles. The van der Waals surface area contributed by atoms with Crippen molar-refractivity contribution in [1.82, 2.24) is 4.90 Å². The largest absolute Gasteiger partial charge is 0.370 e. The molecule has 0 spiro atoms. The van der Waals surface area contributed by atoms with E-state index in [-0.39, 0.29) is 30.5 Å². The second-order valence-corrected chi connectivity index (χ2v) is 2.62. The summed E-state index contributed by atoms with van der Waals surface area (Å²) in [5.41, 5.74) is 5.57. The van der Waals surface area contributed by atoms with E-state index < -0.39 is 6.67 Å². The minimum absolute atomic E-state index is 0. The van der Waals surface area contributed by atoms with E-state index in [1.165, 1.54) is 12.8 Å². The minimum atomic E-state index is -0.422. The molecule has 0 aromatic carbocycles. The number of nitrogens with zero attached hydrogens (tertiary/aromatic N) is 2. The molecule has 0 bridgehead atoms. The molecule has 1 fully saturated rings. The number of hydrogen-bond donors (Lipinski definition) is 1. The van der Waals surface area contributed by atoms with Crippen molar-refractivity contribution in [3.8, 4) is 0 Å². The highest BCUT2D eigenvalue weighted by Gasteiger charge is 2.12. The zero-order chi connectivity index (χ0) is 8.10. The number of rotatable bonds is 2. The van der Waals surface area contributed by atoms with Crippen LogP contribution in [0, 0.1) is 0 Å². The number of aliphatic imine (C=N–C) groups is 1. The molecular weight excluding hydrogens is 272 g/mol. The van der Waals surface area contributed by atoms with Crippen molar-refractivity contribution in [1.29, 1.82) is 0 Å². The minimum Gasteiger partial charge on any atom is -0.370 e. The third-order valence-corrected chi connectivity index (χ3v) is 1.79. The molecule has 5 heteroatoms. The number of guanidine groups is 1. The van der Waals surface area contributed by atoms with E-state index in [0.717, 1.165) is 13.1 Å². The van der Waals surface area contributed by atoms with Crippen molar-refractivity contribution >= 4 is 29.9 Å². The summed E-state index contributed by atoms with van der Waals surface area (Å²) in [5, 5.41) is 0. The van der Waals surface area contributed by atoms with Crippen molar-refractivity contribution in [3.05, 3.63) is 0 Å². The molecule has 0 amide bonds. The summed E-state index contributed by atoms with van der Waals surface area (Å²) < 4.78 is 11.7. The van der Waals surface area contributed by atoms with Crippen molar-refractivity contribution in [3.63, 3.8) is 0 Å². The average molecular weight is 287 g/mol. The number of likely N-dealkylation sites (tertiary alicyclic amines) is 1. The second-order valence-electron chi connectivity index (χ2n) is 2.62. The van der Waals surface area contributed by atoms with Crippen LogP contribution in [0.2, 0.25) is 0 Å². The Morgan fingerprint density at radius 1 is 1.42 bits per heavy atom. The zero-order valence-electron chi connectivity index (χ0n) is 7.00. The van der Waals surface area contributed by atoms with Crippen LogP contribution in [0.4, 0.5) is 4.39 Å². The monoisotopic (exact) mass is 287 g/mol. The van der Waals surface area contributed by atoms with Crippen LogP contribution in [0.3, 0.4) is 0 Å². The maximum atomic E-state index is 11.7. The van der Waals surface area contributed by atoms with Crippen LogP contribution in [0.5, 0.6) is 0 Å². The van der Waals surface area contributed by atoms with E-state index in [9.17, 15) is 4.39 Å². The Labute approximate surface area is 89.2 Å². The molecule has 1 aliphatic heterocycles. The third kappa shape index (κ3) is 3.55. The quantitative estimate of drug-likeness (QED) is 0.467. The Morgan fingerprint density at radius 3 is 2.50 bits per heavy atom. The molecule has 0 unspecified atom stereocenters. The van der Waals surface area contributed by atoms with Gasteiger partial charge < -0.3 is 10.6 Å². The fourth-order valence-electron chi connectivity index (χ4n) is 1.20. The zero-order valence-corrected chi connectivity index (χ0v) is 9.33. The Balaban J connectivity index is 0.00000121. The molecule has 0 radical (unpaired) electrons. The summed E-state index contributed by atoms with van der Waals surface area (Å²) >= 11 is 0. The van der Waals surface area contributed by atoms with Gasteiger partial charge in [-0.05, 0) is 12.8 Å². The van der Waals surface area contributed by atoms with Crippen LogP contribution < -0.4 is 5.73 Å². The maximum Gasteiger partial charge on any atom is 0.191 e. The molecule has 2 N–H and O–H groups in total. The van der Waals surface area contributed by atoms with Gasteiger partial charge in [-0.2, -0.15) is 0 Å². The fourth-order valence-corrected chi connectivity index (χ4v) is 1.20. The molecule has 1 aliphatic rings. The van der Waals surface area contributed by atoms with Gasteiger partial charge in [0, 0.05) is 13.1 Å². The average Bonchev–Trinajstić information content (AvgIpc) is 2.52. The van der Waals surface area contributed by atoms with Gasteiger partial charge in [-0.3, -0.25) is 4.99 Å². The molecule has 0 aromatic heterocycles. The Kier molecular flexibility index (Phi) is 6.41. The number of hydrogen-bond acceptors (Lipinski definition) is 1. The highest BCUT2D eigenvalue weighted by molar-refractivity contribution is 14.0. The normalized spacial score (nSPS) is 17.8. The lowest BCUT2D eigenvalue weighted by molar-refractivity contribution is 0.487. The topological polar surface area (TPSA) is 41.6 Å². The molecule has 0 atom stereocenters. The predicted molar refractivity (Wildman–Crippen MR) is 58.7 cm³/mol. The van der Waals surface area contributed by atoms with E-state index in [1.807, 2.05) is 4.90 Å². The van der Waals surface area contributed by atoms with Gasteiger partial charge in [0.15, 0.2) is 5.96 Å². The van der Waals surface area contributed by atoms with Crippen molar-refractivity contribution in [2.75, 3.05) is 26.3 Å². The highest BCUT2D eigenvalue weighted by Crippen LogP contribution is 2.05. The number of alkyl halides is 1. The number of nitrogens with two attached hydrogens (primary N) is 1. The SMILES string of the molecule is I.NC(=NCCF)N1CCCC1. The van der Waals surface area contributed by atoms with E-state index >= 15 is 0 Å². The summed E-state index contributed by atoms with van der Waals surface area (Å²) in [6.45, 7) is 1.72. The lowest BCUT2D eigenvalue weighted by atomic mass is 10.4. The van der Waals surface area contributed by atoms with Gasteiger partial charge in [0.05, 0.1) is 6.54 Å². The van der Waals surface area contributed by atoms with E-state index in [0.29, 0.717) is 5.96 Å². The first-order valence-electron chi connectivity index (χ1n) is 3.95. The van der Waals surface area contributed by atoms with Crippen LogP contribution in [0.15, 0.2) is 4.99 Å². The van der Waals surface area contributed by atoms with Crippen molar-refractivity contribution < 1.29 is 4.39 Å². The Hall–Kier alpha value is -0.0700. The summed E-state index contributed by atoms with van der Waals surface area (Å²) in [5.74, 6) is 0.500. The molecule has 0 aromatic rings. The lowest BCUT2D eigenvalue weighted by Gasteiger charge is -2.15. The first-order chi connectivity index (χ1) is 5.34. The first kappa shape index (κ1) is 11.9. The van der Waals surface area contributed by atoms with Gasteiger partial charge in [-0.15, -0.1) is 24.0 Å². The molecule has 1 saturated heterocycles. The van der Waals surface area contributed by atoms with Gasteiger partial charge in [0.1, 0.15) is 6.67 Å². The molecular formula is C7H15FIN3. The smallest absolute Gasteiger partial charge is 0.191 e. The summed E-state index contributed by atoms with van der Waals surface area (Å²) in [6, 6.07) is 0. The predicted octanol–water partition coefficient (Wildman–Crippen LogP) is 0.984. The molecule has 12 heavy (non-hydrogen) atoms. The van der Waals surface area contributed by atoms with Gasteiger partial charge in [0.2, 0.25) is 0 Å². The molecule has 72 valence electrons. The second kappa shape index (κ2) is 6.45. The number of halogens is 2. The van der Waals surface area contributed by atoms with Crippen molar-refractivity contribution in [2.45, 2.75) is 12.8 Å². The highest BCUT2D eigenvalue weighted by atomic mass is 127. The molecule has 0 aliphatic carbocycles. The van der Waals surface area contributed by atoms with Crippen LogP contribution in [-0.2, 0) is 0 Å². The summed E-state index contributed by atoms with van der Waals surface area (Å²) in [7, 11) is 0. The Morgan fingerprint density at radius 2 is 2.00 bits per heavy atom. The molecule has 1 rings (SSSR count). The van der Waals surface area contributed by atoms with Crippen LogP contribution >= 0.6 is 24.0 Å².